The summed E-state index contributed by atoms with van der Waals surface area (Å²) in [4.78, 5) is 2.49. The molecule has 1 heterocycles. The van der Waals surface area contributed by atoms with Crippen LogP contribution in [0.3, 0.4) is 0 Å². The third kappa shape index (κ3) is 5.22. The molecule has 0 aromatic heterocycles. The SMILES string of the molecule is C=C/C=C(\C=C)OCCN1CCC(CC)CC1. The highest BCUT2D eigenvalue weighted by atomic mass is 16.5. The van der Waals surface area contributed by atoms with Crippen molar-refractivity contribution in [1.29, 1.82) is 0 Å². The fourth-order valence-corrected chi connectivity index (χ4v) is 2.20. The molecule has 0 unspecified atom stereocenters. The van der Waals surface area contributed by atoms with Gasteiger partial charge in [-0.25, -0.2) is 0 Å². The topological polar surface area (TPSA) is 12.5 Å². The zero-order chi connectivity index (χ0) is 12.5. The van der Waals surface area contributed by atoms with Gasteiger partial charge in [0.2, 0.25) is 0 Å². The minimum absolute atomic E-state index is 0.739. The van der Waals surface area contributed by atoms with Crippen molar-refractivity contribution in [3.63, 3.8) is 0 Å². The van der Waals surface area contributed by atoms with E-state index in [1.807, 2.05) is 6.08 Å². The summed E-state index contributed by atoms with van der Waals surface area (Å²) in [6.07, 6.45) is 9.30. The summed E-state index contributed by atoms with van der Waals surface area (Å²) in [5, 5.41) is 0. The van der Waals surface area contributed by atoms with Gasteiger partial charge < -0.3 is 4.74 Å². The number of piperidine rings is 1. The molecule has 1 fully saturated rings. The molecular formula is C15H25NO. The van der Waals surface area contributed by atoms with E-state index in [1.165, 1.54) is 32.4 Å². The minimum atomic E-state index is 0.739. The number of nitrogens with zero attached hydrogens (tertiary/aromatic N) is 1. The van der Waals surface area contributed by atoms with Crippen LogP contribution in [-0.2, 0) is 4.74 Å². The number of allylic oxidation sites excluding steroid dienone is 3. The molecule has 0 aromatic carbocycles. The lowest BCUT2D eigenvalue weighted by Crippen LogP contribution is -2.35. The number of ether oxygens (including phenoxy) is 1. The lowest BCUT2D eigenvalue weighted by Gasteiger charge is -2.31. The Hall–Kier alpha value is -1.02. The zero-order valence-electron chi connectivity index (χ0n) is 11.0. The summed E-state index contributed by atoms with van der Waals surface area (Å²) >= 11 is 0. The van der Waals surface area contributed by atoms with Gasteiger partial charge in [-0.2, -0.15) is 0 Å². The van der Waals surface area contributed by atoms with Crippen molar-refractivity contribution >= 4 is 0 Å². The van der Waals surface area contributed by atoms with Gasteiger partial charge in [0.25, 0.3) is 0 Å². The van der Waals surface area contributed by atoms with Gasteiger partial charge >= 0.3 is 0 Å². The van der Waals surface area contributed by atoms with Gasteiger partial charge in [0.1, 0.15) is 12.4 Å². The van der Waals surface area contributed by atoms with Crippen LogP contribution in [0.5, 0.6) is 0 Å². The second-order valence-corrected chi connectivity index (χ2v) is 4.55. The highest BCUT2D eigenvalue weighted by Gasteiger charge is 2.17. The minimum Gasteiger partial charge on any atom is -0.492 e. The summed E-state index contributed by atoms with van der Waals surface area (Å²) in [6, 6.07) is 0. The third-order valence-electron chi connectivity index (χ3n) is 3.44. The highest BCUT2D eigenvalue weighted by Crippen LogP contribution is 2.19. The highest BCUT2D eigenvalue weighted by molar-refractivity contribution is 5.14. The van der Waals surface area contributed by atoms with Crippen molar-refractivity contribution in [3.8, 4) is 0 Å². The molecule has 1 saturated heterocycles. The first-order valence-corrected chi connectivity index (χ1v) is 6.60. The molecule has 2 nitrogen and oxygen atoms in total. The van der Waals surface area contributed by atoms with Crippen LogP contribution in [0.4, 0.5) is 0 Å². The lowest BCUT2D eigenvalue weighted by molar-refractivity contribution is 0.129. The smallest absolute Gasteiger partial charge is 0.118 e. The van der Waals surface area contributed by atoms with E-state index in [0.29, 0.717) is 0 Å². The number of hydrogen-bond donors (Lipinski definition) is 0. The Morgan fingerprint density at radius 1 is 1.35 bits per heavy atom. The fraction of sp³-hybridized carbons (Fsp3) is 0.600. The Morgan fingerprint density at radius 2 is 2.06 bits per heavy atom. The average molecular weight is 235 g/mol. The van der Waals surface area contributed by atoms with E-state index in [2.05, 4.69) is 25.0 Å². The Kier molecular flexibility index (Phi) is 6.71. The van der Waals surface area contributed by atoms with Crippen molar-refractivity contribution in [2.24, 2.45) is 5.92 Å². The summed E-state index contributed by atoms with van der Waals surface area (Å²) in [5.74, 6) is 1.75. The van der Waals surface area contributed by atoms with Crippen molar-refractivity contribution in [1.82, 2.24) is 4.90 Å². The molecule has 0 atom stereocenters. The molecule has 0 N–H and O–H groups in total. The van der Waals surface area contributed by atoms with Crippen LogP contribution in [0.2, 0.25) is 0 Å². The van der Waals surface area contributed by atoms with Gasteiger partial charge in [-0.1, -0.05) is 32.6 Å². The molecule has 0 aromatic rings. The second-order valence-electron chi connectivity index (χ2n) is 4.55. The van der Waals surface area contributed by atoms with Crippen LogP contribution >= 0.6 is 0 Å². The van der Waals surface area contributed by atoms with E-state index in [9.17, 15) is 0 Å². The maximum Gasteiger partial charge on any atom is 0.118 e. The van der Waals surface area contributed by atoms with Crippen LogP contribution in [-0.4, -0.2) is 31.1 Å². The Balaban J connectivity index is 2.17. The zero-order valence-corrected chi connectivity index (χ0v) is 11.0. The van der Waals surface area contributed by atoms with Gasteiger partial charge in [-0.3, -0.25) is 4.90 Å². The standard InChI is InChI=1S/C15H25NO/c1-4-7-15(6-3)17-13-12-16-10-8-14(5-2)9-11-16/h4,6-7,14H,1,3,5,8-13H2,2H3/b15-7+. The molecule has 0 radical (unpaired) electrons. The molecule has 96 valence electrons. The Morgan fingerprint density at radius 3 is 2.59 bits per heavy atom. The molecule has 17 heavy (non-hydrogen) atoms. The first-order valence-electron chi connectivity index (χ1n) is 6.60. The molecule has 1 aliphatic rings. The quantitative estimate of drug-likeness (QED) is 0.495. The van der Waals surface area contributed by atoms with Crippen molar-refractivity contribution < 1.29 is 4.74 Å². The predicted molar refractivity (Wildman–Crippen MR) is 73.9 cm³/mol. The third-order valence-corrected chi connectivity index (χ3v) is 3.44. The van der Waals surface area contributed by atoms with Crippen molar-refractivity contribution in [2.45, 2.75) is 26.2 Å². The molecular weight excluding hydrogens is 210 g/mol. The number of rotatable bonds is 7. The van der Waals surface area contributed by atoms with E-state index in [-0.39, 0.29) is 0 Å². The number of likely N-dealkylation sites (tertiary alicyclic amines) is 1. The van der Waals surface area contributed by atoms with Crippen LogP contribution < -0.4 is 0 Å². The van der Waals surface area contributed by atoms with Gasteiger partial charge in [0.15, 0.2) is 0 Å². The van der Waals surface area contributed by atoms with Crippen LogP contribution in [0.15, 0.2) is 37.1 Å². The van der Waals surface area contributed by atoms with Gasteiger partial charge in [-0.15, -0.1) is 0 Å². The summed E-state index contributed by atoms with van der Waals surface area (Å²) in [7, 11) is 0. The van der Waals surface area contributed by atoms with E-state index in [4.69, 9.17) is 4.74 Å². The van der Waals surface area contributed by atoms with Gasteiger partial charge in [0.05, 0.1) is 0 Å². The molecule has 0 aliphatic carbocycles. The largest absolute Gasteiger partial charge is 0.492 e. The summed E-state index contributed by atoms with van der Waals surface area (Å²) in [6.45, 7) is 13.8. The molecule has 1 aliphatic heterocycles. The van der Waals surface area contributed by atoms with Crippen molar-refractivity contribution in [3.05, 3.63) is 37.1 Å². The molecule has 0 spiro atoms. The molecule has 0 bridgehead atoms. The fourth-order valence-electron chi connectivity index (χ4n) is 2.20. The van der Waals surface area contributed by atoms with E-state index >= 15 is 0 Å². The van der Waals surface area contributed by atoms with Gasteiger partial charge in [0, 0.05) is 6.54 Å². The van der Waals surface area contributed by atoms with E-state index < -0.39 is 0 Å². The van der Waals surface area contributed by atoms with Crippen molar-refractivity contribution in [2.75, 3.05) is 26.2 Å². The predicted octanol–water partition coefficient (Wildman–Crippen LogP) is 3.38. The molecule has 0 amide bonds. The average Bonchev–Trinajstić information content (AvgIpc) is 2.38. The van der Waals surface area contributed by atoms with Crippen LogP contribution in [0, 0.1) is 5.92 Å². The summed E-state index contributed by atoms with van der Waals surface area (Å²) < 4.78 is 5.62. The monoisotopic (exact) mass is 235 g/mol. The van der Waals surface area contributed by atoms with E-state index in [1.54, 1.807) is 12.2 Å². The molecule has 1 rings (SSSR count). The second kappa shape index (κ2) is 8.13. The van der Waals surface area contributed by atoms with Gasteiger partial charge in [-0.05, 0) is 44.0 Å². The summed E-state index contributed by atoms with van der Waals surface area (Å²) in [5.41, 5.74) is 0. The number of hydrogen-bond acceptors (Lipinski definition) is 2. The Labute approximate surface area is 106 Å². The molecule has 2 heteroatoms. The molecule has 0 saturated carbocycles. The first-order chi connectivity index (χ1) is 8.30. The van der Waals surface area contributed by atoms with Crippen LogP contribution in [0.1, 0.15) is 26.2 Å². The maximum absolute atomic E-state index is 5.62. The van der Waals surface area contributed by atoms with E-state index in [0.717, 1.165) is 24.8 Å². The van der Waals surface area contributed by atoms with Crippen LogP contribution in [0.25, 0.3) is 0 Å². The first kappa shape index (κ1) is 14.0. The Bertz CT molecular complexity index is 262. The normalized spacial score (nSPS) is 19.0. The lowest BCUT2D eigenvalue weighted by atomic mass is 9.94. The maximum atomic E-state index is 5.62.